The Morgan fingerprint density at radius 3 is 2.23 bits per heavy atom. The van der Waals surface area contributed by atoms with Crippen LogP contribution in [0.2, 0.25) is 0 Å². The molecule has 1 aromatic rings. The largest absolute Gasteiger partial charge is 0.417 e. The molecule has 0 aliphatic heterocycles. The van der Waals surface area contributed by atoms with E-state index >= 15 is 0 Å². The molecule has 0 heterocycles. The molecule has 4 nitrogen and oxygen atoms in total. The van der Waals surface area contributed by atoms with Crippen LogP contribution in [-0.2, 0) is 11.0 Å². The lowest BCUT2D eigenvalue weighted by atomic mass is 9.52. The Hall–Kier alpha value is -1.09. The first-order chi connectivity index (χ1) is 14.4. The summed E-state index contributed by atoms with van der Waals surface area (Å²) in [7, 11) is 3.67. The molecule has 31 heavy (non-hydrogen) atoms. The van der Waals surface area contributed by atoms with E-state index in [-0.39, 0.29) is 10.5 Å². The van der Waals surface area contributed by atoms with E-state index in [0.717, 1.165) is 55.0 Å². The number of carbonyl (C=O) groups is 1. The fourth-order valence-corrected chi connectivity index (χ4v) is 6.57. The van der Waals surface area contributed by atoms with Crippen LogP contribution in [0, 0.1) is 17.8 Å². The van der Waals surface area contributed by atoms with E-state index in [9.17, 15) is 23.1 Å². The number of halogens is 3. The van der Waals surface area contributed by atoms with Gasteiger partial charge in [-0.15, -0.1) is 0 Å². The van der Waals surface area contributed by atoms with Gasteiger partial charge in [-0.2, -0.15) is 13.2 Å². The van der Waals surface area contributed by atoms with Gasteiger partial charge in [0.25, 0.3) is 0 Å². The van der Waals surface area contributed by atoms with Gasteiger partial charge in [0.15, 0.2) is 0 Å². The van der Waals surface area contributed by atoms with E-state index < -0.39 is 17.3 Å². The van der Waals surface area contributed by atoms with E-state index in [1.165, 1.54) is 29.3 Å². The van der Waals surface area contributed by atoms with Crippen LogP contribution in [0.1, 0.15) is 51.5 Å². The third-order valence-electron chi connectivity index (χ3n) is 7.10. The average molecular weight is 459 g/mol. The van der Waals surface area contributed by atoms with Crippen molar-refractivity contribution in [1.29, 1.82) is 0 Å². The number of nitrogens with one attached hydrogen (secondary N) is 1. The molecule has 2 unspecified atom stereocenters. The predicted molar refractivity (Wildman–Crippen MR) is 117 cm³/mol. The number of aliphatic hydroxyl groups is 1. The molecule has 0 radical (unpaired) electrons. The first-order valence-electron chi connectivity index (χ1n) is 10.8. The zero-order valence-electron chi connectivity index (χ0n) is 18.6. The van der Waals surface area contributed by atoms with Crippen LogP contribution < -0.4 is 5.32 Å². The minimum absolute atomic E-state index is 0.0856. The molecular formula is C23H33F3N2O2S. The second-order valence-electron chi connectivity index (χ2n) is 9.86. The molecule has 0 aromatic heterocycles. The highest BCUT2D eigenvalue weighted by Gasteiger charge is 2.54. The molecule has 4 aliphatic carbocycles. The molecule has 4 fully saturated rings. The lowest BCUT2D eigenvalue weighted by Crippen LogP contribution is -2.60. The fourth-order valence-electron chi connectivity index (χ4n) is 5.57. The smallest absolute Gasteiger partial charge is 0.390 e. The number of likely N-dealkylation sites (N-methyl/N-ethyl adjacent to an activating group) is 1. The highest BCUT2D eigenvalue weighted by molar-refractivity contribution is 7.97. The van der Waals surface area contributed by atoms with Crippen LogP contribution in [-0.4, -0.2) is 47.0 Å². The van der Waals surface area contributed by atoms with Gasteiger partial charge in [-0.25, -0.2) is 4.31 Å². The molecule has 0 saturated heterocycles. The maximum atomic E-state index is 12.8. The lowest BCUT2D eigenvalue weighted by molar-refractivity contribution is -0.139. The van der Waals surface area contributed by atoms with Gasteiger partial charge in [0.05, 0.1) is 16.7 Å². The molecule has 4 aliphatic rings. The van der Waals surface area contributed by atoms with Gasteiger partial charge in [-0.1, -0.05) is 12.1 Å². The van der Waals surface area contributed by atoms with Gasteiger partial charge < -0.3 is 15.2 Å². The van der Waals surface area contributed by atoms with Crippen LogP contribution in [0.3, 0.4) is 0 Å². The minimum Gasteiger partial charge on any atom is -0.390 e. The molecule has 4 bridgehead atoms. The standard InChI is InChI=1S/C12H14F3NOS.C11H19NO/c1-11(2,8-17)16(3)18-10-7-5-4-6-9(10)12(13,14)15;1-12-10-8-2-7-3-9(10)6-11(13,4-7)5-8/h4-8H,1-3H3;7-10,12-13H,2-6H2,1H3. The molecular weight excluding hydrogens is 425 g/mol. The Morgan fingerprint density at radius 1 is 1.16 bits per heavy atom. The van der Waals surface area contributed by atoms with E-state index in [4.69, 9.17) is 0 Å². The zero-order chi connectivity index (χ0) is 23.0. The Bertz CT molecular complexity index is 770. The summed E-state index contributed by atoms with van der Waals surface area (Å²) in [4.78, 5) is 10.9. The Kier molecular flexibility index (Phi) is 7.16. The third-order valence-corrected chi connectivity index (χ3v) is 8.40. The van der Waals surface area contributed by atoms with Crippen molar-refractivity contribution in [3.8, 4) is 0 Å². The molecule has 2 atom stereocenters. The monoisotopic (exact) mass is 458 g/mol. The highest BCUT2D eigenvalue weighted by Crippen LogP contribution is 2.55. The zero-order valence-corrected chi connectivity index (χ0v) is 19.4. The Labute approximate surface area is 187 Å². The van der Waals surface area contributed by atoms with Crippen LogP contribution >= 0.6 is 11.9 Å². The van der Waals surface area contributed by atoms with Crippen LogP contribution in [0.5, 0.6) is 0 Å². The van der Waals surface area contributed by atoms with Crippen LogP contribution in [0.15, 0.2) is 29.2 Å². The minimum atomic E-state index is -4.39. The van der Waals surface area contributed by atoms with Crippen molar-refractivity contribution in [2.45, 2.75) is 74.2 Å². The van der Waals surface area contributed by atoms with Crippen molar-refractivity contribution in [2.24, 2.45) is 17.8 Å². The second kappa shape index (κ2) is 9.04. The Balaban J connectivity index is 0.000000183. The molecule has 2 N–H and O–H groups in total. The first-order valence-corrected chi connectivity index (χ1v) is 11.6. The summed E-state index contributed by atoms with van der Waals surface area (Å²) in [5, 5.41) is 13.7. The number of aldehydes is 1. The number of benzene rings is 1. The summed E-state index contributed by atoms with van der Waals surface area (Å²) >= 11 is 0.911. The van der Waals surface area contributed by atoms with E-state index in [1.54, 1.807) is 27.0 Å². The highest BCUT2D eigenvalue weighted by atomic mass is 32.2. The van der Waals surface area contributed by atoms with Crippen molar-refractivity contribution in [3.05, 3.63) is 29.8 Å². The molecule has 1 aromatic carbocycles. The number of hydrogen-bond acceptors (Lipinski definition) is 5. The molecule has 8 heteroatoms. The normalized spacial score (nSPS) is 32.0. The Morgan fingerprint density at radius 2 is 1.74 bits per heavy atom. The maximum Gasteiger partial charge on any atom is 0.417 e. The van der Waals surface area contributed by atoms with Crippen LogP contribution in [0.25, 0.3) is 0 Å². The topological polar surface area (TPSA) is 52.6 Å². The van der Waals surface area contributed by atoms with Crippen molar-refractivity contribution >= 4 is 18.2 Å². The average Bonchev–Trinajstić information content (AvgIpc) is 2.66. The first kappa shape index (κ1) is 24.6. The number of rotatable bonds is 5. The number of nitrogens with zero attached hydrogens (tertiary/aromatic N) is 1. The molecule has 5 rings (SSSR count). The van der Waals surface area contributed by atoms with Gasteiger partial charge >= 0.3 is 6.18 Å². The van der Waals surface area contributed by atoms with Gasteiger partial charge in [0.1, 0.15) is 6.29 Å². The van der Waals surface area contributed by atoms with E-state index in [0.29, 0.717) is 12.3 Å². The molecule has 0 amide bonds. The fraction of sp³-hybridized carbons (Fsp3) is 0.696. The predicted octanol–water partition coefficient (Wildman–Crippen LogP) is 4.77. The third kappa shape index (κ3) is 5.46. The summed E-state index contributed by atoms with van der Waals surface area (Å²) < 4.78 is 39.8. The summed E-state index contributed by atoms with van der Waals surface area (Å²) in [6.45, 7) is 3.28. The van der Waals surface area contributed by atoms with Gasteiger partial charge in [-0.05, 0) is 102 Å². The van der Waals surface area contributed by atoms with E-state index in [1.807, 2.05) is 0 Å². The lowest BCUT2D eigenvalue weighted by Gasteiger charge is -2.58. The van der Waals surface area contributed by atoms with Gasteiger partial charge in [0, 0.05) is 10.9 Å². The number of alkyl halides is 3. The SMILES string of the molecule is CN(Sc1ccccc1C(F)(F)F)C(C)(C)C=O.CNC1C2CC3CC1CC(O)(C3)C2. The van der Waals surface area contributed by atoms with Crippen molar-refractivity contribution in [2.75, 3.05) is 14.1 Å². The quantitative estimate of drug-likeness (QED) is 0.492. The number of carbonyl (C=O) groups excluding carboxylic acids is 1. The second-order valence-corrected chi connectivity index (χ2v) is 11.0. The van der Waals surface area contributed by atoms with Crippen molar-refractivity contribution in [1.82, 2.24) is 9.62 Å². The van der Waals surface area contributed by atoms with Gasteiger partial charge in [-0.3, -0.25) is 0 Å². The van der Waals surface area contributed by atoms with Gasteiger partial charge in [0.2, 0.25) is 0 Å². The van der Waals surface area contributed by atoms with E-state index in [2.05, 4.69) is 12.4 Å². The summed E-state index contributed by atoms with van der Waals surface area (Å²) in [6, 6.07) is 6.02. The summed E-state index contributed by atoms with van der Waals surface area (Å²) in [6.07, 6.45) is 2.26. The molecule has 4 saturated carbocycles. The number of hydrogen-bond donors (Lipinski definition) is 2. The van der Waals surface area contributed by atoms with Crippen LogP contribution in [0.4, 0.5) is 13.2 Å². The van der Waals surface area contributed by atoms with Crippen molar-refractivity contribution < 1.29 is 23.1 Å². The molecule has 174 valence electrons. The molecule has 0 spiro atoms. The summed E-state index contributed by atoms with van der Waals surface area (Å²) in [5.41, 5.74) is -1.78. The van der Waals surface area contributed by atoms with Crippen molar-refractivity contribution in [3.63, 3.8) is 0 Å². The summed E-state index contributed by atoms with van der Waals surface area (Å²) in [5.74, 6) is 2.37. The maximum absolute atomic E-state index is 12.8.